The van der Waals surface area contributed by atoms with E-state index in [0.29, 0.717) is 19.1 Å². The average Bonchev–Trinajstić information content (AvgIpc) is 2.99. The number of ether oxygens (including phenoxy) is 2. The fourth-order valence-corrected chi connectivity index (χ4v) is 2.74. The van der Waals surface area contributed by atoms with Gasteiger partial charge in [0.2, 0.25) is 0 Å². The van der Waals surface area contributed by atoms with Crippen molar-refractivity contribution in [3.8, 4) is 11.5 Å². The summed E-state index contributed by atoms with van der Waals surface area (Å²) in [5.74, 6) is 2.94. The summed E-state index contributed by atoms with van der Waals surface area (Å²) in [6.07, 6.45) is 3.80. The van der Waals surface area contributed by atoms with Crippen molar-refractivity contribution in [2.75, 3.05) is 13.7 Å². The fourth-order valence-electron chi connectivity index (χ4n) is 2.74. The second kappa shape index (κ2) is 8.72. The summed E-state index contributed by atoms with van der Waals surface area (Å²) in [7, 11) is 3.68. The van der Waals surface area contributed by atoms with Crippen LogP contribution in [-0.4, -0.2) is 23.3 Å². The van der Waals surface area contributed by atoms with Crippen molar-refractivity contribution in [2.45, 2.75) is 33.4 Å². The van der Waals surface area contributed by atoms with E-state index in [1.807, 2.05) is 38.5 Å². The standard InChI is InChI=1S/C20H29N3O2/c1-14(2)13-25-19-16(8-7-9-17(19)24-6)12-22-18(15(3)4)20-21-10-11-23(20)5/h7-11,15,18,22H,1,12-13H2,2-6H3/t18-/m0/s1. The molecule has 25 heavy (non-hydrogen) atoms. The molecule has 0 saturated heterocycles. The van der Waals surface area contributed by atoms with E-state index in [4.69, 9.17) is 9.47 Å². The predicted octanol–water partition coefficient (Wildman–Crippen LogP) is 3.87. The lowest BCUT2D eigenvalue weighted by molar-refractivity contribution is 0.312. The lowest BCUT2D eigenvalue weighted by Gasteiger charge is -2.23. The average molecular weight is 343 g/mol. The third-order valence-corrected chi connectivity index (χ3v) is 4.06. The summed E-state index contributed by atoms with van der Waals surface area (Å²) in [5, 5.41) is 3.62. The van der Waals surface area contributed by atoms with Crippen LogP contribution in [0.15, 0.2) is 42.7 Å². The minimum Gasteiger partial charge on any atom is -0.493 e. The number of aryl methyl sites for hydroxylation is 1. The Hall–Kier alpha value is -2.27. The topological polar surface area (TPSA) is 48.3 Å². The van der Waals surface area contributed by atoms with E-state index in [1.54, 1.807) is 7.11 Å². The van der Waals surface area contributed by atoms with E-state index >= 15 is 0 Å². The van der Waals surface area contributed by atoms with Gasteiger partial charge >= 0.3 is 0 Å². The van der Waals surface area contributed by atoms with Crippen LogP contribution in [0.1, 0.15) is 38.2 Å². The highest BCUT2D eigenvalue weighted by molar-refractivity contribution is 5.46. The van der Waals surface area contributed by atoms with Crippen molar-refractivity contribution in [1.29, 1.82) is 0 Å². The van der Waals surface area contributed by atoms with Crippen LogP contribution in [0, 0.1) is 5.92 Å². The normalized spacial score (nSPS) is 12.2. The molecule has 0 radical (unpaired) electrons. The van der Waals surface area contributed by atoms with Crippen LogP contribution in [0.4, 0.5) is 0 Å². The number of nitrogens with one attached hydrogen (secondary N) is 1. The summed E-state index contributed by atoms with van der Waals surface area (Å²) < 4.78 is 13.5. The van der Waals surface area contributed by atoms with Gasteiger partial charge in [0.25, 0.3) is 0 Å². The van der Waals surface area contributed by atoms with Crippen molar-refractivity contribution in [1.82, 2.24) is 14.9 Å². The lowest BCUT2D eigenvalue weighted by atomic mass is 10.0. The first kappa shape index (κ1) is 19.1. The van der Waals surface area contributed by atoms with Crippen molar-refractivity contribution in [3.63, 3.8) is 0 Å². The zero-order chi connectivity index (χ0) is 18.4. The molecule has 5 nitrogen and oxygen atoms in total. The molecule has 1 aromatic heterocycles. The van der Waals surface area contributed by atoms with E-state index in [-0.39, 0.29) is 6.04 Å². The highest BCUT2D eigenvalue weighted by atomic mass is 16.5. The summed E-state index contributed by atoms with van der Waals surface area (Å²) in [4.78, 5) is 4.50. The Labute approximate surface area is 150 Å². The van der Waals surface area contributed by atoms with Gasteiger partial charge in [0.1, 0.15) is 12.4 Å². The van der Waals surface area contributed by atoms with Crippen LogP contribution in [0.5, 0.6) is 11.5 Å². The number of nitrogens with zero attached hydrogens (tertiary/aromatic N) is 2. The number of imidazole rings is 1. The molecule has 2 aromatic rings. The quantitative estimate of drug-likeness (QED) is 0.702. The van der Waals surface area contributed by atoms with Crippen molar-refractivity contribution in [2.24, 2.45) is 13.0 Å². The third-order valence-electron chi connectivity index (χ3n) is 4.06. The van der Waals surface area contributed by atoms with E-state index in [9.17, 15) is 0 Å². The molecule has 136 valence electrons. The molecule has 2 rings (SSSR count). The second-order valence-electron chi connectivity index (χ2n) is 6.69. The van der Waals surface area contributed by atoms with Gasteiger partial charge in [-0.1, -0.05) is 32.6 Å². The number of hydrogen-bond donors (Lipinski definition) is 1. The Kier molecular flexibility index (Phi) is 6.65. The molecule has 1 aromatic carbocycles. The Balaban J connectivity index is 2.20. The molecule has 0 saturated carbocycles. The van der Waals surface area contributed by atoms with Crippen LogP contribution in [0.2, 0.25) is 0 Å². The molecule has 0 amide bonds. The van der Waals surface area contributed by atoms with E-state index in [2.05, 4.69) is 41.4 Å². The van der Waals surface area contributed by atoms with E-state index in [0.717, 1.165) is 28.5 Å². The molecule has 0 spiro atoms. The predicted molar refractivity (Wildman–Crippen MR) is 101 cm³/mol. The van der Waals surface area contributed by atoms with E-state index < -0.39 is 0 Å². The molecule has 0 aliphatic carbocycles. The highest BCUT2D eigenvalue weighted by Gasteiger charge is 2.20. The molecule has 0 aliphatic rings. The van der Waals surface area contributed by atoms with Crippen LogP contribution in [0.3, 0.4) is 0 Å². The van der Waals surface area contributed by atoms with Gasteiger partial charge < -0.3 is 19.4 Å². The molecule has 0 aliphatic heterocycles. The highest BCUT2D eigenvalue weighted by Crippen LogP contribution is 2.32. The van der Waals surface area contributed by atoms with Crippen molar-refractivity contribution < 1.29 is 9.47 Å². The van der Waals surface area contributed by atoms with Crippen molar-refractivity contribution >= 4 is 0 Å². The molecule has 1 N–H and O–H groups in total. The molecule has 0 bridgehead atoms. The summed E-state index contributed by atoms with van der Waals surface area (Å²) in [6, 6.07) is 6.10. The number of aromatic nitrogens is 2. The van der Waals surface area contributed by atoms with Gasteiger partial charge in [-0.15, -0.1) is 0 Å². The maximum Gasteiger partial charge on any atom is 0.166 e. The summed E-state index contributed by atoms with van der Waals surface area (Å²) in [5.41, 5.74) is 2.03. The molecule has 0 fully saturated rings. The van der Waals surface area contributed by atoms with Crippen LogP contribution >= 0.6 is 0 Å². The Morgan fingerprint density at radius 3 is 2.68 bits per heavy atom. The number of para-hydroxylation sites is 1. The van der Waals surface area contributed by atoms with Gasteiger partial charge in [-0.2, -0.15) is 0 Å². The lowest BCUT2D eigenvalue weighted by Crippen LogP contribution is -2.28. The van der Waals surface area contributed by atoms with Gasteiger partial charge in [-0.25, -0.2) is 4.98 Å². The number of hydrogen-bond acceptors (Lipinski definition) is 4. The Bertz CT molecular complexity index is 707. The smallest absolute Gasteiger partial charge is 0.166 e. The zero-order valence-corrected chi connectivity index (χ0v) is 15.9. The van der Waals surface area contributed by atoms with Gasteiger partial charge in [-0.3, -0.25) is 0 Å². The van der Waals surface area contributed by atoms with Gasteiger partial charge in [0, 0.05) is 31.5 Å². The van der Waals surface area contributed by atoms with E-state index in [1.165, 1.54) is 0 Å². The maximum atomic E-state index is 5.94. The van der Waals surface area contributed by atoms with Gasteiger partial charge in [-0.05, 0) is 24.5 Å². The largest absolute Gasteiger partial charge is 0.493 e. The fraction of sp³-hybridized carbons (Fsp3) is 0.450. The third kappa shape index (κ3) is 4.86. The van der Waals surface area contributed by atoms with Crippen LogP contribution in [0.25, 0.3) is 0 Å². The summed E-state index contributed by atoms with van der Waals surface area (Å²) in [6.45, 7) is 11.4. The minimum absolute atomic E-state index is 0.153. The molecule has 1 heterocycles. The Morgan fingerprint density at radius 1 is 1.36 bits per heavy atom. The van der Waals surface area contributed by atoms with Crippen LogP contribution < -0.4 is 14.8 Å². The first-order valence-electron chi connectivity index (χ1n) is 8.57. The number of rotatable bonds is 9. The SMILES string of the molecule is C=C(C)COc1c(CN[C@H](c2nccn2C)C(C)C)cccc1OC. The number of benzene rings is 1. The molecular weight excluding hydrogens is 314 g/mol. The Morgan fingerprint density at radius 2 is 2.12 bits per heavy atom. The van der Waals surface area contributed by atoms with Crippen LogP contribution in [-0.2, 0) is 13.6 Å². The molecule has 0 unspecified atom stereocenters. The second-order valence-corrected chi connectivity index (χ2v) is 6.69. The van der Waals surface area contributed by atoms with Crippen molar-refractivity contribution in [3.05, 3.63) is 54.1 Å². The molecule has 5 heteroatoms. The summed E-state index contributed by atoms with van der Waals surface area (Å²) >= 11 is 0. The minimum atomic E-state index is 0.153. The number of methoxy groups -OCH3 is 1. The molecule has 1 atom stereocenters. The van der Waals surface area contributed by atoms with Gasteiger partial charge in [0.15, 0.2) is 11.5 Å². The molecular formula is C20H29N3O2. The zero-order valence-electron chi connectivity index (χ0n) is 15.9. The maximum absolute atomic E-state index is 5.94. The first-order valence-corrected chi connectivity index (χ1v) is 8.57. The first-order chi connectivity index (χ1) is 11.9. The monoisotopic (exact) mass is 343 g/mol. The van der Waals surface area contributed by atoms with Gasteiger partial charge in [0.05, 0.1) is 13.2 Å².